The molecule has 0 unspecified atom stereocenters. The average Bonchev–Trinajstić information content (AvgIpc) is 2.70. The van der Waals surface area contributed by atoms with Gasteiger partial charge in [0.1, 0.15) is 0 Å². The fourth-order valence-corrected chi connectivity index (χ4v) is 3.57. The summed E-state index contributed by atoms with van der Waals surface area (Å²) in [5.74, 6) is 0. The fourth-order valence-electron chi connectivity index (χ4n) is 1.19. The Balaban J connectivity index is -0.0000000218. The van der Waals surface area contributed by atoms with Crippen molar-refractivity contribution in [3.05, 3.63) is 0 Å². The largest absolute Gasteiger partial charge is 0.678 e. The number of hydrogen-bond acceptors (Lipinski definition) is 8. The highest BCUT2D eigenvalue weighted by atomic mass is 28.4. The van der Waals surface area contributed by atoms with E-state index in [9.17, 15) is 0 Å². The predicted octanol–water partition coefficient (Wildman–Crippen LogP) is 7.07. The van der Waals surface area contributed by atoms with E-state index in [0.29, 0.717) is 0 Å². The van der Waals surface area contributed by atoms with Crippen molar-refractivity contribution < 1.29 is 35.4 Å². The summed E-state index contributed by atoms with van der Waals surface area (Å²) in [6, 6.07) is 1.01. The first-order valence-electron chi connectivity index (χ1n) is 7.83. The van der Waals surface area contributed by atoms with Crippen molar-refractivity contribution in [3.63, 3.8) is 0 Å². The zero-order valence-electron chi connectivity index (χ0n) is 18.1. The highest BCUT2D eigenvalue weighted by Crippen LogP contribution is 2.08. The maximum absolute atomic E-state index is 5.15. The molecule has 0 atom stereocenters. The van der Waals surface area contributed by atoms with Crippen LogP contribution in [-0.4, -0.2) is 89.8 Å². The van der Waals surface area contributed by atoms with Crippen molar-refractivity contribution in [3.8, 4) is 0 Å². The molecule has 0 rings (SSSR count). The zero-order chi connectivity index (χ0) is 20.6. The molecule has 217 valence electrons. The Morgan fingerprint density at radius 1 is 0.485 bits per heavy atom. The van der Waals surface area contributed by atoms with E-state index in [2.05, 4.69) is 6.92 Å². The van der Waals surface area contributed by atoms with E-state index < -0.39 is 26.0 Å². The maximum atomic E-state index is 5.15. The van der Waals surface area contributed by atoms with Crippen LogP contribution in [0, 0.1) is 0 Å². The van der Waals surface area contributed by atoms with Crippen LogP contribution in [0.25, 0.3) is 0 Å². The summed E-state index contributed by atoms with van der Waals surface area (Å²) >= 11 is 0. The van der Waals surface area contributed by atoms with Crippen molar-refractivity contribution in [2.75, 3.05) is 56.9 Å². The van der Waals surface area contributed by atoms with Gasteiger partial charge in [-0.25, -0.2) is 0 Å². The first-order chi connectivity index (χ1) is 11.6. The van der Waals surface area contributed by atoms with E-state index in [1.807, 2.05) is 26.8 Å². The van der Waals surface area contributed by atoms with Gasteiger partial charge in [-0.15, -0.1) is 0 Å². The standard InChI is InChI=1S/C5H14O2Si.C4H12BO2Si.C4H12O4Si.8CH4/c2*1-5-8(4,6-2)7-3;1-5-9(6-2,7-3)8-4;;;;;;;;/h5H2,1-4H3;1-4H3;1-4H3;8*1H4. The second-order valence-corrected chi connectivity index (χ2v) is 14.8. The Hall–Kier alpha value is 0.396. The first-order valence-corrected chi connectivity index (χ1v) is 14.4. The molecule has 0 aromatic carbocycles. The summed E-state index contributed by atoms with van der Waals surface area (Å²) in [6.45, 7) is 10.1. The minimum absolute atomic E-state index is 0. The lowest BCUT2D eigenvalue weighted by Gasteiger charge is -2.20. The van der Waals surface area contributed by atoms with Gasteiger partial charge in [0.05, 0.1) is 0 Å². The third kappa shape index (κ3) is 32.4. The van der Waals surface area contributed by atoms with Gasteiger partial charge in [-0.2, -0.15) is 0 Å². The van der Waals surface area contributed by atoms with E-state index in [1.165, 1.54) is 28.4 Å². The van der Waals surface area contributed by atoms with Gasteiger partial charge < -0.3 is 35.4 Å². The van der Waals surface area contributed by atoms with Crippen LogP contribution in [0.5, 0.6) is 0 Å². The van der Waals surface area contributed by atoms with Gasteiger partial charge in [0.25, 0.3) is 8.43 Å². The molecule has 0 aliphatic carbocycles. The summed E-state index contributed by atoms with van der Waals surface area (Å²) in [4.78, 5) is 0. The first kappa shape index (κ1) is 69.9. The second-order valence-electron chi connectivity index (χ2n) is 4.92. The molecule has 0 bridgehead atoms. The zero-order valence-corrected chi connectivity index (χ0v) is 21.1. The minimum Gasteiger partial charge on any atom is -0.403 e. The number of hydrogen-bond donors (Lipinski definition) is 0. The third-order valence-electron chi connectivity index (χ3n) is 3.84. The van der Waals surface area contributed by atoms with Crippen LogP contribution in [0.3, 0.4) is 0 Å². The lowest BCUT2D eigenvalue weighted by molar-refractivity contribution is 0.0226. The van der Waals surface area contributed by atoms with Crippen LogP contribution >= 0.6 is 0 Å². The molecule has 0 spiro atoms. The van der Waals surface area contributed by atoms with Crippen molar-refractivity contribution in [1.82, 2.24) is 0 Å². The molecule has 0 aliphatic heterocycles. The smallest absolute Gasteiger partial charge is 0.403 e. The molecule has 0 aliphatic rings. The highest BCUT2D eigenvalue weighted by molar-refractivity contribution is 7.16. The molecule has 0 amide bonds. The Morgan fingerprint density at radius 3 is 0.727 bits per heavy atom. The maximum Gasteiger partial charge on any atom is 0.678 e. The summed E-state index contributed by atoms with van der Waals surface area (Å²) in [6.07, 6.45) is 0. The van der Waals surface area contributed by atoms with Crippen LogP contribution < -0.4 is 0 Å². The summed E-state index contributed by atoms with van der Waals surface area (Å²) in [5, 5.41) is 0. The monoisotopic (exact) mass is 545 g/mol. The normalized spacial score (nSPS) is 8.97. The molecule has 0 heterocycles. The van der Waals surface area contributed by atoms with Crippen LogP contribution in [-0.2, 0) is 35.4 Å². The summed E-state index contributed by atoms with van der Waals surface area (Å²) in [5.41, 5.74) is 0. The highest BCUT2D eigenvalue weighted by Gasteiger charge is 2.40. The van der Waals surface area contributed by atoms with Crippen molar-refractivity contribution in [2.24, 2.45) is 0 Å². The molecular formula is C21H70BO8Si3. The van der Waals surface area contributed by atoms with Crippen LogP contribution in [0.15, 0.2) is 0 Å². The Bertz CT molecular complexity index is 245. The molecule has 0 saturated carbocycles. The van der Waals surface area contributed by atoms with Gasteiger partial charge in [0.2, 0.25) is 0 Å². The SMILES string of the molecule is C.C.C.C.C.C.C.C.CC[Si](C)(OC)OC.CO[Si](OC)(OC)OC.C[B][Si](C)(OC)OC. The quantitative estimate of drug-likeness (QED) is 0.270. The van der Waals surface area contributed by atoms with Crippen LogP contribution in [0.2, 0.25) is 26.0 Å². The fraction of sp³-hybridized carbons (Fsp3) is 1.00. The molecule has 0 fully saturated rings. The minimum atomic E-state index is -2.69. The van der Waals surface area contributed by atoms with Crippen molar-refractivity contribution in [2.45, 2.75) is 92.3 Å². The van der Waals surface area contributed by atoms with Gasteiger partial charge >= 0.3 is 17.6 Å². The lowest BCUT2D eigenvalue weighted by Crippen LogP contribution is -2.45. The average molecular weight is 546 g/mol. The Kier molecular flexibility index (Phi) is 83.9. The second kappa shape index (κ2) is 39.6. The summed E-state index contributed by atoms with van der Waals surface area (Å²) in [7, 11) is 6.56. The Labute approximate surface area is 217 Å². The van der Waals surface area contributed by atoms with Crippen LogP contribution in [0.4, 0.5) is 0 Å². The molecule has 0 aromatic heterocycles. The van der Waals surface area contributed by atoms with Crippen LogP contribution in [0.1, 0.15) is 66.3 Å². The molecule has 0 N–H and O–H groups in total. The van der Waals surface area contributed by atoms with Crippen molar-refractivity contribution in [1.29, 1.82) is 0 Å². The van der Waals surface area contributed by atoms with Gasteiger partial charge in [0.15, 0.2) is 6.87 Å². The van der Waals surface area contributed by atoms with Crippen molar-refractivity contribution >= 4 is 32.9 Å². The van der Waals surface area contributed by atoms with Gasteiger partial charge in [-0.1, -0.05) is 73.2 Å². The van der Waals surface area contributed by atoms with E-state index in [-0.39, 0.29) is 59.4 Å². The van der Waals surface area contributed by atoms with E-state index in [1.54, 1.807) is 28.4 Å². The van der Waals surface area contributed by atoms with E-state index in [4.69, 9.17) is 35.4 Å². The third-order valence-corrected chi connectivity index (χ3v) is 11.5. The van der Waals surface area contributed by atoms with Gasteiger partial charge in [-0.3, -0.25) is 0 Å². The van der Waals surface area contributed by atoms with Gasteiger partial charge in [-0.05, 0) is 19.1 Å². The molecule has 8 nitrogen and oxygen atoms in total. The van der Waals surface area contributed by atoms with E-state index in [0.717, 1.165) is 6.04 Å². The van der Waals surface area contributed by atoms with E-state index >= 15 is 0 Å². The van der Waals surface area contributed by atoms with Gasteiger partial charge in [0, 0.05) is 56.9 Å². The molecule has 1 radical (unpaired) electrons. The lowest BCUT2D eigenvalue weighted by atomic mass is 10.2. The summed E-state index contributed by atoms with van der Waals surface area (Å²) < 4.78 is 39.9. The number of rotatable bonds is 10. The molecule has 12 heteroatoms. The predicted molar refractivity (Wildman–Crippen MR) is 161 cm³/mol. The molecular weight excluding hydrogens is 475 g/mol. The Morgan fingerprint density at radius 2 is 0.727 bits per heavy atom. The topological polar surface area (TPSA) is 73.8 Å². The molecule has 0 saturated heterocycles. The molecule has 0 aromatic rings. The molecule has 33 heavy (non-hydrogen) atoms.